The number of fused-ring (bicyclic) bond motifs is 5. The molecule has 6 fully saturated rings. The molecule has 6 aliphatic rings. The highest BCUT2D eigenvalue weighted by Crippen LogP contribution is 2.69. The average molecular weight is 421 g/mol. The van der Waals surface area contributed by atoms with Crippen molar-refractivity contribution in [2.45, 2.75) is 89.8 Å². The van der Waals surface area contributed by atoms with E-state index in [1.807, 2.05) is 0 Å². The number of hydrogen-bond donors (Lipinski definition) is 1. The Morgan fingerprint density at radius 3 is 2.17 bits per heavy atom. The van der Waals surface area contributed by atoms with Crippen molar-refractivity contribution in [1.82, 2.24) is 0 Å². The Balaban J connectivity index is 1.28. The summed E-state index contributed by atoms with van der Waals surface area (Å²) >= 11 is 0. The molecular formula is C25H40O5. The lowest BCUT2D eigenvalue weighted by Crippen LogP contribution is -2.61. The highest BCUT2D eigenvalue weighted by Gasteiger charge is 2.67. The molecule has 0 amide bonds. The van der Waals surface area contributed by atoms with Crippen LogP contribution in [0.4, 0.5) is 0 Å². The fourth-order valence-corrected chi connectivity index (χ4v) is 9.67. The summed E-state index contributed by atoms with van der Waals surface area (Å²) in [5.74, 6) is 1.89. The van der Waals surface area contributed by atoms with Gasteiger partial charge in [0.2, 0.25) is 0 Å². The number of rotatable bonds is 1. The van der Waals surface area contributed by atoms with Gasteiger partial charge in [-0.2, -0.15) is 0 Å². The van der Waals surface area contributed by atoms with Gasteiger partial charge in [0.1, 0.15) is 0 Å². The standard InChI is InChI=1S/C25H40O5/c1-22-8-9-25(29-12-13-30-25)14-16(22)4-5-17-18-6-7-20(24(3)27-10-11-28-24)23(18,2)15-19(26)21(17)22/h16-21,26H,4-15H2,1-3H3. The van der Waals surface area contributed by atoms with E-state index < -0.39 is 5.79 Å². The molecule has 6 rings (SSSR count). The fraction of sp³-hybridized carbons (Fsp3) is 1.00. The zero-order valence-corrected chi connectivity index (χ0v) is 19.0. The van der Waals surface area contributed by atoms with E-state index >= 15 is 0 Å². The summed E-state index contributed by atoms with van der Waals surface area (Å²) in [6.45, 7) is 9.96. The van der Waals surface area contributed by atoms with Gasteiger partial charge in [0.25, 0.3) is 0 Å². The zero-order valence-electron chi connectivity index (χ0n) is 19.0. The minimum absolute atomic E-state index is 0.108. The maximum absolute atomic E-state index is 11.7. The molecular weight excluding hydrogens is 380 g/mol. The molecule has 8 atom stereocenters. The summed E-state index contributed by atoms with van der Waals surface area (Å²) in [6.07, 6.45) is 8.70. The van der Waals surface area contributed by atoms with Gasteiger partial charge in [-0.25, -0.2) is 0 Å². The van der Waals surface area contributed by atoms with Gasteiger partial charge in [-0.1, -0.05) is 13.8 Å². The molecule has 0 radical (unpaired) electrons. The Labute approximate surface area is 181 Å². The number of aliphatic hydroxyl groups is 1. The van der Waals surface area contributed by atoms with Gasteiger partial charge in [0.15, 0.2) is 11.6 Å². The van der Waals surface area contributed by atoms with Crippen molar-refractivity contribution < 1.29 is 24.1 Å². The van der Waals surface area contributed by atoms with Gasteiger partial charge in [0, 0.05) is 18.8 Å². The monoisotopic (exact) mass is 420 g/mol. The highest BCUT2D eigenvalue weighted by atomic mass is 16.7. The first-order chi connectivity index (χ1) is 14.3. The van der Waals surface area contributed by atoms with Crippen molar-refractivity contribution in [2.75, 3.05) is 26.4 Å². The van der Waals surface area contributed by atoms with E-state index in [1.165, 1.54) is 25.7 Å². The van der Waals surface area contributed by atoms with Crippen LogP contribution in [-0.2, 0) is 18.9 Å². The maximum atomic E-state index is 11.7. The van der Waals surface area contributed by atoms with Crippen LogP contribution in [0.5, 0.6) is 0 Å². The molecule has 4 saturated carbocycles. The molecule has 5 heteroatoms. The molecule has 0 aromatic carbocycles. The van der Waals surface area contributed by atoms with Gasteiger partial charge in [-0.15, -0.1) is 0 Å². The second kappa shape index (κ2) is 6.66. The van der Waals surface area contributed by atoms with E-state index in [2.05, 4.69) is 20.8 Å². The molecule has 170 valence electrons. The summed E-state index contributed by atoms with van der Waals surface area (Å²) in [5, 5.41) is 11.7. The van der Waals surface area contributed by atoms with Gasteiger partial charge < -0.3 is 24.1 Å². The Bertz CT molecular complexity index is 683. The predicted molar refractivity (Wildman–Crippen MR) is 112 cm³/mol. The SMILES string of the molecule is CC1(C2CCC3C4CCC5CC6(CCC5(C)C4C(O)CC32C)OCCO6)OCCO1. The summed E-state index contributed by atoms with van der Waals surface area (Å²) in [6, 6.07) is 0. The third kappa shape index (κ3) is 2.65. The summed E-state index contributed by atoms with van der Waals surface area (Å²) < 4.78 is 24.5. The maximum Gasteiger partial charge on any atom is 0.169 e. The highest BCUT2D eigenvalue weighted by molar-refractivity contribution is 5.14. The summed E-state index contributed by atoms with van der Waals surface area (Å²) in [4.78, 5) is 0. The number of ether oxygens (including phenoxy) is 4. The lowest BCUT2D eigenvalue weighted by atomic mass is 9.43. The van der Waals surface area contributed by atoms with Crippen molar-refractivity contribution >= 4 is 0 Å². The molecule has 2 aliphatic heterocycles. The molecule has 8 unspecified atom stereocenters. The molecule has 1 spiro atoms. The molecule has 2 heterocycles. The molecule has 0 bridgehead atoms. The van der Waals surface area contributed by atoms with Crippen LogP contribution in [0.3, 0.4) is 0 Å². The molecule has 2 saturated heterocycles. The zero-order chi connectivity index (χ0) is 20.8. The number of aliphatic hydroxyl groups excluding tert-OH is 1. The Kier molecular flexibility index (Phi) is 4.53. The topological polar surface area (TPSA) is 57.2 Å². The van der Waals surface area contributed by atoms with Crippen LogP contribution in [0, 0.1) is 40.4 Å². The quantitative estimate of drug-likeness (QED) is 0.691. The average Bonchev–Trinajstić information content (AvgIpc) is 3.41. The van der Waals surface area contributed by atoms with Crippen LogP contribution in [0.1, 0.15) is 72.1 Å². The van der Waals surface area contributed by atoms with Gasteiger partial charge in [0.05, 0.1) is 32.5 Å². The van der Waals surface area contributed by atoms with Crippen LogP contribution in [0.25, 0.3) is 0 Å². The smallest absolute Gasteiger partial charge is 0.169 e. The lowest BCUT2D eigenvalue weighted by Gasteiger charge is -2.63. The third-order valence-electron chi connectivity index (χ3n) is 10.9. The minimum atomic E-state index is -0.467. The van der Waals surface area contributed by atoms with Crippen LogP contribution >= 0.6 is 0 Å². The molecule has 1 N–H and O–H groups in total. The first-order valence-corrected chi connectivity index (χ1v) is 12.5. The Morgan fingerprint density at radius 2 is 1.43 bits per heavy atom. The molecule has 30 heavy (non-hydrogen) atoms. The second-order valence-electron chi connectivity index (χ2n) is 12.0. The van der Waals surface area contributed by atoms with Crippen LogP contribution in [0.15, 0.2) is 0 Å². The van der Waals surface area contributed by atoms with Crippen molar-refractivity contribution in [3.63, 3.8) is 0 Å². The summed E-state index contributed by atoms with van der Waals surface area (Å²) in [7, 11) is 0. The molecule has 0 aromatic rings. The van der Waals surface area contributed by atoms with Crippen molar-refractivity contribution in [2.24, 2.45) is 40.4 Å². The molecule has 4 aliphatic carbocycles. The second-order valence-corrected chi connectivity index (χ2v) is 12.0. The van der Waals surface area contributed by atoms with Crippen molar-refractivity contribution in [1.29, 1.82) is 0 Å². The van der Waals surface area contributed by atoms with E-state index in [0.29, 0.717) is 42.8 Å². The first kappa shape index (κ1) is 20.4. The van der Waals surface area contributed by atoms with Crippen LogP contribution in [0.2, 0.25) is 0 Å². The number of hydrogen-bond acceptors (Lipinski definition) is 5. The van der Waals surface area contributed by atoms with E-state index in [1.54, 1.807) is 0 Å². The van der Waals surface area contributed by atoms with Crippen LogP contribution < -0.4 is 0 Å². The Morgan fingerprint density at radius 1 is 0.733 bits per heavy atom. The van der Waals surface area contributed by atoms with Crippen molar-refractivity contribution in [3.8, 4) is 0 Å². The minimum Gasteiger partial charge on any atom is -0.393 e. The van der Waals surface area contributed by atoms with E-state index in [9.17, 15) is 5.11 Å². The van der Waals surface area contributed by atoms with E-state index in [0.717, 1.165) is 38.9 Å². The predicted octanol–water partition coefficient (Wildman–Crippen LogP) is 4.12. The van der Waals surface area contributed by atoms with Crippen molar-refractivity contribution in [3.05, 3.63) is 0 Å². The fourth-order valence-electron chi connectivity index (χ4n) is 9.67. The Hall–Kier alpha value is -0.200. The lowest BCUT2D eigenvalue weighted by molar-refractivity contribution is -0.254. The largest absolute Gasteiger partial charge is 0.393 e. The van der Waals surface area contributed by atoms with E-state index in [4.69, 9.17) is 18.9 Å². The van der Waals surface area contributed by atoms with E-state index in [-0.39, 0.29) is 22.7 Å². The normalized spacial score (nSPS) is 54.0. The molecule has 5 nitrogen and oxygen atoms in total. The van der Waals surface area contributed by atoms with Gasteiger partial charge in [-0.05, 0) is 80.0 Å². The third-order valence-corrected chi connectivity index (χ3v) is 10.9. The van der Waals surface area contributed by atoms with Gasteiger partial charge >= 0.3 is 0 Å². The van der Waals surface area contributed by atoms with Crippen LogP contribution in [-0.4, -0.2) is 49.2 Å². The molecule has 0 aromatic heterocycles. The van der Waals surface area contributed by atoms with Gasteiger partial charge in [-0.3, -0.25) is 0 Å². The summed E-state index contributed by atoms with van der Waals surface area (Å²) in [5.41, 5.74) is 0.309. The first-order valence-electron chi connectivity index (χ1n) is 12.5.